The number of hydrogen-bond donors (Lipinski definition) is 6. The largest absolute Gasteiger partial charge is 0.490 e. The van der Waals surface area contributed by atoms with Crippen molar-refractivity contribution in [3.63, 3.8) is 0 Å². The number of anilines is 2. The molecule has 2 aromatic heterocycles. The summed E-state index contributed by atoms with van der Waals surface area (Å²) in [6.07, 6.45) is -1.55. The summed E-state index contributed by atoms with van der Waals surface area (Å²) in [6.45, 7) is 14.2. The van der Waals surface area contributed by atoms with Gasteiger partial charge in [0.25, 0.3) is 0 Å². The predicted molar refractivity (Wildman–Crippen MR) is 158 cm³/mol. The standard InChI is InChI=1S/C26H44N8O3.C2HF3O2/c1-6-19(35)30-17-13-18(22(37)21(17)36)34-15-29-20-23(27-11-10-26(3,4)5)31-25(32-24(20)34)28-14-16-9-8-12-33(16)7-2;3-2(4,5)1(6)7/h15-18,21-22,36-37H,6-14H2,1-5H3,(H,30,35)(H2,27,28,31,32);(H,6,7)/t16-,17+,18-,21-,22+;/m1./s1. The Morgan fingerprint density at radius 1 is 1.09 bits per heavy atom. The lowest BCUT2D eigenvalue weighted by Gasteiger charge is -2.23. The molecule has 3 heterocycles. The molecule has 0 radical (unpaired) electrons. The Kier molecular flexibility index (Phi) is 11.8. The molecule has 1 saturated carbocycles. The molecule has 1 aliphatic carbocycles. The van der Waals surface area contributed by atoms with Gasteiger partial charge < -0.3 is 35.8 Å². The van der Waals surface area contributed by atoms with E-state index in [4.69, 9.17) is 19.9 Å². The van der Waals surface area contributed by atoms with Gasteiger partial charge in [0, 0.05) is 25.6 Å². The third kappa shape index (κ3) is 9.14. The van der Waals surface area contributed by atoms with Crippen molar-refractivity contribution < 1.29 is 38.1 Å². The highest BCUT2D eigenvalue weighted by Gasteiger charge is 2.44. The van der Waals surface area contributed by atoms with E-state index in [-0.39, 0.29) is 11.3 Å². The van der Waals surface area contributed by atoms with Crippen LogP contribution in [0.5, 0.6) is 0 Å². The van der Waals surface area contributed by atoms with E-state index in [1.54, 1.807) is 13.3 Å². The summed E-state index contributed by atoms with van der Waals surface area (Å²) in [5.74, 6) is -1.75. The number of carbonyl (C=O) groups excluding carboxylic acids is 1. The highest BCUT2D eigenvalue weighted by atomic mass is 19.4. The Balaban J connectivity index is 0.000000676. The number of aromatic nitrogens is 4. The van der Waals surface area contributed by atoms with Gasteiger partial charge in [-0.25, -0.2) is 9.78 Å². The molecule has 6 N–H and O–H groups in total. The van der Waals surface area contributed by atoms with Crippen LogP contribution in [0.2, 0.25) is 0 Å². The quantitative estimate of drug-likeness (QED) is 0.228. The Morgan fingerprint density at radius 2 is 1.77 bits per heavy atom. The van der Waals surface area contributed by atoms with Crippen LogP contribution in [0.3, 0.4) is 0 Å². The van der Waals surface area contributed by atoms with Gasteiger partial charge in [-0.1, -0.05) is 34.6 Å². The maximum atomic E-state index is 11.9. The molecule has 16 heteroatoms. The third-order valence-corrected chi connectivity index (χ3v) is 7.91. The van der Waals surface area contributed by atoms with Crippen molar-refractivity contribution in [1.82, 2.24) is 29.7 Å². The number of likely N-dealkylation sites (N-methyl/N-ethyl adjacent to an activating group) is 1. The number of hydrogen-bond acceptors (Lipinski definition) is 10. The van der Waals surface area contributed by atoms with Gasteiger partial charge in [-0.15, -0.1) is 0 Å². The molecule has 0 bridgehead atoms. The molecule has 13 nitrogen and oxygen atoms in total. The Labute approximate surface area is 254 Å². The average molecular weight is 631 g/mol. The number of fused-ring (bicyclic) bond motifs is 1. The van der Waals surface area contributed by atoms with Gasteiger partial charge in [0.1, 0.15) is 12.2 Å². The lowest BCUT2D eigenvalue weighted by atomic mass is 9.92. The minimum atomic E-state index is -5.08. The molecule has 2 fully saturated rings. The van der Waals surface area contributed by atoms with Crippen molar-refractivity contribution in [3.05, 3.63) is 6.33 Å². The smallest absolute Gasteiger partial charge is 0.475 e. The first-order valence-corrected chi connectivity index (χ1v) is 15.0. The second kappa shape index (κ2) is 14.7. The van der Waals surface area contributed by atoms with Gasteiger partial charge >= 0.3 is 12.1 Å². The summed E-state index contributed by atoms with van der Waals surface area (Å²) in [7, 11) is 0. The zero-order valence-electron chi connectivity index (χ0n) is 25.9. The number of carbonyl (C=O) groups is 2. The Bertz CT molecular complexity index is 1270. The van der Waals surface area contributed by atoms with E-state index >= 15 is 0 Å². The van der Waals surface area contributed by atoms with E-state index in [0.717, 1.165) is 39.0 Å². The van der Waals surface area contributed by atoms with Gasteiger partial charge in [-0.3, -0.25) is 9.69 Å². The predicted octanol–water partition coefficient (Wildman–Crippen LogP) is 2.77. The molecule has 2 aliphatic rings. The van der Waals surface area contributed by atoms with Gasteiger partial charge in [0.15, 0.2) is 17.0 Å². The normalized spacial score (nSPS) is 24.2. The first-order valence-electron chi connectivity index (χ1n) is 15.0. The van der Waals surface area contributed by atoms with E-state index in [0.29, 0.717) is 41.8 Å². The van der Waals surface area contributed by atoms with Crippen LogP contribution in [0.1, 0.15) is 72.8 Å². The summed E-state index contributed by atoms with van der Waals surface area (Å²) in [5, 5.41) is 38.4. The number of carboxylic acids is 1. The molecular weight excluding hydrogens is 585 g/mol. The van der Waals surface area contributed by atoms with Gasteiger partial charge in [0.05, 0.1) is 18.4 Å². The number of aliphatic carboxylic acids is 1. The highest BCUT2D eigenvalue weighted by Crippen LogP contribution is 2.34. The molecule has 5 atom stereocenters. The zero-order valence-corrected chi connectivity index (χ0v) is 25.9. The van der Waals surface area contributed by atoms with Crippen molar-refractivity contribution in [2.45, 2.75) is 103 Å². The number of nitrogens with zero attached hydrogens (tertiary/aromatic N) is 5. The van der Waals surface area contributed by atoms with Crippen LogP contribution in [0, 0.1) is 5.41 Å². The molecule has 0 unspecified atom stereocenters. The lowest BCUT2D eigenvalue weighted by Crippen LogP contribution is -2.42. The fraction of sp³-hybridized carbons (Fsp3) is 0.750. The minimum absolute atomic E-state index is 0.153. The number of halogens is 3. The van der Waals surface area contributed by atoms with Crippen LogP contribution in [0.25, 0.3) is 11.2 Å². The minimum Gasteiger partial charge on any atom is -0.475 e. The molecular formula is C28H45F3N8O5. The van der Waals surface area contributed by atoms with Gasteiger partial charge in [-0.05, 0) is 44.2 Å². The summed E-state index contributed by atoms with van der Waals surface area (Å²) in [4.78, 5) is 37.5. The molecule has 1 saturated heterocycles. The fourth-order valence-electron chi connectivity index (χ4n) is 5.41. The number of aliphatic hydroxyl groups excluding tert-OH is 2. The van der Waals surface area contributed by atoms with Crippen LogP contribution in [0.15, 0.2) is 6.33 Å². The fourth-order valence-corrected chi connectivity index (χ4v) is 5.41. The number of amides is 1. The topological polar surface area (TPSA) is 178 Å². The van der Waals surface area contributed by atoms with Crippen molar-refractivity contribution >= 4 is 34.8 Å². The number of rotatable bonds is 10. The Hall–Kier alpha value is -3.24. The third-order valence-electron chi connectivity index (χ3n) is 7.91. The van der Waals surface area contributed by atoms with Crippen molar-refractivity contribution in [2.24, 2.45) is 5.41 Å². The van der Waals surface area contributed by atoms with E-state index in [9.17, 15) is 28.2 Å². The number of carboxylic acid groups (broad SMARTS) is 1. The monoisotopic (exact) mass is 630 g/mol. The molecule has 1 aliphatic heterocycles. The van der Waals surface area contributed by atoms with Crippen molar-refractivity contribution in [2.75, 3.05) is 36.8 Å². The van der Waals surface area contributed by atoms with Crippen LogP contribution in [0.4, 0.5) is 24.9 Å². The summed E-state index contributed by atoms with van der Waals surface area (Å²) in [6, 6.07) is -0.560. The summed E-state index contributed by atoms with van der Waals surface area (Å²) >= 11 is 0. The number of nitrogens with one attached hydrogen (secondary N) is 3. The maximum Gasteiger partial charge on any atom is 0.490 e. The van der Waals surface area contributed by atoms with Crippen LogP contribution in [-0.4, -0.2) is 108 Å². The number of alkyl halides is 3. The first-order chi connectivity index (χ1) is 20.6. The van der Waals surface area contributed by atoms with Gasteiger partial charge in [-0.2, -0.15) is 23.1 Å². The second-order valence-electron chi connectivity index (χ2n) is 12.4. The SMILES string of the molecule is CCC(=O)N[C@H]1C[C@@H](n2cnc3c(NCCC(C)(C)C)nc(NC[C@H]4CCCN4CC)nc32)[C@H](O)[C@@H]1O.O=C(O)C(F)(F)F. The van der Waals surface area contributed by atoms with E-state index in [1.165, 1.54) is 6.42 Å². The molecule has 1 amide bonds. The molecule has 44 heavy (non-hydrogen) atoms. The van der Waals surface area contributed by atoms with E-state index < -0.39 is 36.4 Å². The highest BCUT2D eigenvalue weighted by molar-refractivity contribution is 5.84. The van der Waals surface area contributed by atoms with E-state index in [1.807, 2.05) is 4.57 Å². The number of imidazole rings is 1. The second-order valence-corrected chi connectivity index (χ2v) is 12.4. The van der Waals surface area contributed by atoms with Gasteiger partial charge in [0.2, 0.25) is 11.9 Å². The maximum absolute atomic E-state index is 11.9. The molecule has 2 aromatic rings. The average Bonchev–Trinajstić information content (AvgIpc) is 3.65. The van der Waals surface area contributed by atoms with Crippen LogP contribution >= 0.6 is 0 Å². The lowest BCUT2D eigenvalue weighted by molar-refractivity contribution is -0.192. The molecule has 248 valence electrons. The zero-order chi connectivity index (χ0) is 32.8. The molecule has 0 spiro atoms. The van der Waals surface area contributed by atoms with Crippen molar-refractivity contribution in [1.29, 1.82) is 0 Å². The summed E-state index contributed by atoms with van der Waals surface area (Å²) in [5.41, 5.74) is 1.39. The Morgan fingerprint density at radius 3 is 2.36 bits per heavy atom. The first kappa shape index (κ1) is 35.2. The number of likely N-dealkylation sites (tertiary alicyclic amines) is 1. The molecule has 0 aromatic carbocycles. The van der Waals surface area contributed by atoms with Crippen LogP contribution in [-0.2, 0) is 9.59 Å². The van der Waals surface area contributed by atoms with E-state index in [2.05, 4.69) is 53.5 Å². The van der Waals surface area contributed by atoms with Crippen molar-refractivity contribution in [3.8, 4) is 0 Å². The summed E-state index contributed by atoms with van der Waals surface area (Å²) < 4.78 is 33.6. The molecule has 4 rings (SSSR count). The number of aliphatic hydroxyl groups is 2. The van der Waals surface area contributed by atoms with Crippen LogP contribution < -0.4 is 16.0 Å².